The van der Waals surface area contributed by atoms with E-state index in [0.29, 0.717) is 23.6 Å². The predicted molar refractivity (Wildman–Crippen MR) is 142 cm³/mol. The minimum absolute atomic E-state index is 0.0270. The molecule has 0 bridgehead atoms. The first-order valence-electron chi connectivity index (χ1n) is 11.9. The fourth-order valence-electron chi connectivity index (χ4n) is 4.57. The van der Waals surface area contributed by atoms with Crippen LogP contribution in [0.5, 0.6) is 0 Å². The summed E-state index contributed by atoms with van der Waals surface area (Å²) in [5, 5.41) is 0. The SMILES string of the molecule is Cc1cccc(C=C2Sc3ccc(C(=O)N4CCN(Cc5ccccc5)CC4)cc3N(C)C2=O)c1. The summed E-state index contributed by atoms with van der Waals surface area (Å²) >= 11 is 1.47. The second-order valence-electron chi connectivity index (χ2n) is 9.13. The van der Waals surface area contributed by atoms with Crippen molar-refractivity contribution in [3.05, 3.63) is 100.0 Å². The Morgan fingerprint density at radius 1 is 0.943 bits per heavy atom. The third kappa shape index (κ3) is 5.19. The molecule has 178 valence electrons. The minimum atomic E-state index is -0.0527. The van der Waals surface area contributed by atoms with E-state index in [4.69, 9.17) is 0 Å². The van der Waals surface area contributed by atoms with Gasteiger partial charge < -0.3 is 9.80 Å². The first-order chi connectivity index (χ1) is 17.0. The second-order valence-corrected chi connectivity index (χ2v) is 10.2. The molecular formula is C29H29N3O2S. The quantitative estimate of drug-likeness (QED) is 0.487. The Morgan fingerprint density at radius 3 is 2.46 bits per heavy atom. The number of carbonyl (C=O) groups excluding carboxylic acids is 2. The van der Waals surface area contributed by atoms with Gasteiger partial charge in [-0.05, 0) is 42.3 Å². The number of rotatable bonds is 4. The van der Waals surface area contributed by atoms with Gasteiger partial charge in [0.25, 0.3) is 11.8 Å². The van der Waals surface area contributed by atoms with Gasteiger partial charge in [0.1, 0.15) is 0 Å². The number of piperazine rings is 1. The number of nitrogens with zero attached hydrogens (tertiary/aromatic N) is 3. The second kappa shape index (κ2) is 10.1. The van der Waals surface area contributed by atoms with E-state index in [9.17, 15) is 9.59 Å². The normalized spacial score (nSPS) is 17.5. The molecule has 35 heavy (non-hydrogen) atoms. The molecule has 2 heterocycles. The van der Waals surface area contributed by atoms with E-state index >= 15 is 0 Å². The third-order valence-electron chi connectivity index (χ3n) is 6.55. The Morgan fingerprint density at radius 2 is 1.71 bits per heavy atom. The Hall–Kier alpha value is -3.35. The lowest BCUT2D eigenvalue weighted by Gasteiger charge is -2.35. The summed E-state index contributed by atoms with van der Waals surface area (Å²) in [4.78, 5) is 34.0. The summed E-state index contributed by atoms with van der Waals surface area (Å²) in [6.07, 6.45) is 1.94. The molecule has 5 rings (SSSR count). The highest BCUT2D eigenvalue weighted by atomic mass is 32.2. The molecule has 2 aliphatic rings. The molecule has 1 fully saturated rings. The number of amides is 2. The summed E-state index contributed by atoms with van der Waals surface area (Å²) in [5.74, 6) is -0.0257. The van der Waals surface area contributed by atoms with Gasteiger partial charge in [-0.15, -0.1) is 0 Å². The number of anilines is 1. The summed E-state index contributed by atoms with van der Waals surface area (Å²) in [6, 6.07) is 24.3. The van der Waals surface area contributed by atoms with Gasteiger partial charge in [-0.2, -0.15) is 0 Å². The smallest absolute Gasteiger partial charge is 0.264 e. The van der Waals surface area contributed by atoms with Crippen LogP contribution in [0.4, 0.5) is 5.69 Å². The van der Waals surface area contributed by atoms with Gasteiger partial charge in [0.2, 0.25) is 0 Å². The Balaban J connectivity index is 1.28. The number of fused-ring (bicyclic) bond motifs is 1. The highest BCUT2D eigenvalue weighted by Gasteiger charge is 2.29. The maximum atomic E-state index is 13.3. The summed E-state index contributed by atoms with van der Waals surface area (Å²) < 4.78 is 0. The van der Waals surface area contributed by atoms with Crippen LogP contribution in [0.15, 0.2) is 82.6 Å². The van der Waals surface area contributed by atoms with E-state index in [1.165, 1.54) is 17.3 Å². The molecule has 0 N–H and O–H groups in total. The van der Waals surface area contributed by atoms with Crippen molar-refractivity contribution in [1.82, 2.24) is 9.80 Å². The highest BCUT2D eigenvalue weighted by molar-refractivity contribution is 8.04. The average Bonchev–Trinajstić information content (AvgIpc) is 2.88. The van der Waals surface area contributed by atoms with Gasteiger partial charge >= 0.3 is 0 Å². The number of benzene rings is 3. The van der Waals surface area contributed by atoms with Gasteiger partial charge in [0.15, 0.2) is 0 Å². The van der Waals surface area contributed by atoms with E-state index in [0.717, 1.165) is 41.3 Å². The number of likely N-dealkylation sites (N-methyl/N-ethyl adjacent to an activating group) is 1. The zero-order valence-corrected chi connectivity index (χ0v) is 20.9. The zero-order valence-electron chi connectivity index (χ0n) is 20.1. The Labute approximate surface area is 211 Å². The largest absolute Gasteiger partial charge is 0.336 e. The molecule has 6 heteroatoms. The van der Waals surface area contributed by atoms with Crippen molar-refractivity contribution in [2.24, 2.45) is 0 Å². The van der Waals surface area contributed by atoms with Crippen molar-refractivity contribution in [1.29, 1.82) is 0 Å². The van der Waals surface area contributed by atoms with Gasteiger partial charge in [-0.3, -0.25) is 14.5 Å². The van der Waals surface area contributed by atoms with Crippen LogP contribution in [0.1, 0.15) is 27.0 Å². The highest BCUT2D eigenvalue weighted by Crippen LogP contribution is 2.42. The van der Waals surface area contributed by atoms with Gasteiger partial charge in [0, 0.05) is 50.2 Å². The van der Waals surface area contributed by atoms with Crippen LogP contribution in [0.2, 0.25) is 0 Å². The molecule has 1 saturated heterocycles. The van der Waals surface area contributed by atoms with Crippen molar-refractivity contribution in [3.8, 4) is 0 Å². The van der Waals surface area contributed by atoms with Gasteiger partial charge in [-0.1, -0.05) is 71.9 Å². The third-order valence-corrected chi connectivity index (χ3v) is 7.63. The molecule has 0 saturated carbocycles. The van der Waals surface area contributed by atoms with Crippen LogP contribution in [-0.2, 0) is 11.3 Å². The Bertz CT molecular complexity index is 1280. The first kappa shape index (κ1) is 23.4. The van der Waals surface area contributed by atoms with E-state index in [-0.39, 0.29) is 11.8 Å². The van der Waals surface area contributed by atoms with Crippen LogP contribution >= 0.6 is 11.8 Å². The molecule has 0 radical (unpaired) electrons. The molecule has 5 nitrogen and oxygen atoms in total. The van der Waals surface area contributed by atoms with E-state index in [2.05, 4.69) is 35.2 Å². The van der Waals surface area contributed by atoms with Crippen LogP contribution in [0.3, 0.4) is 0 Å². The zero-order chi connectivity index (χ0) is 24.4. The maximum absolute atomic E-state index is 13.3. The number of carbonyl (C=O) groups is 2. The molecule has 2 amide bonds. The number of thioether (sulfide) groups is 1. The number of hydrogen-bond donors (Lipinski definition) is 0. The van der Waals surface area contributed by atoms with Crippen molar-refractivity contribution in [2.75, 3.05) is 38.1 Å². The van der Waals surface area contributed by atoms with Crippen molar-refractivity contribution in [3.63, 3.8) is 0 Å². The number of aryl methyl sites for hydroxylation is 1. The predicted octanol–water partition coefficient (Wildman–Crippen LogP) is 5.06. The molecule has 0 atom stereocenters. The topological polar surface area (TPSA) is 43.9 Å². The van der Waals surface area contributed by atoms with Crippen molar-refractivity contribution in [2.45, 2.75) is 18.4 Å². The molecule has 0 spiro atoms. The molecule has 3 aromatic carbocycles. The molecule has 2 aliphatic heterocycles. The van der Waals surface area contributed by atoms with Crippen molar-refractivity contribution >= 4 is 35.3 Å². The van der Waals surface area contributed by atoms with E-state index in [1.54, 1.807) is 11.9 Å². The fourth-order valence-corrected chi connectivity index (χ4v) is 5.66. The monoisotopic (exact) mass is 483 g/mol. The van der Waals surface area contributed by atoms with Crippen LogP contribution in [-0.4, -0.2) is 54.8 Å². The Kier molecular flexibility index (Phi) is 6.75. The molecule has 0 unspecified atom stereocenters. The number of hydrogen-bond acceptors (Lipinski definition) is 4. The molecule has 3 aromatic rings. The fraction of sp³-hybridized carbons (Fsp3) is 0.241. The average molecular weight is 484 g/mol. The first-order valence-corrected chi connectivity index (χ1v) is 12.7. The lowest BCUT2D eigenvalue weighted by molar-refractivity contribution is -0.114. The van der Waals surface area contributed by atoms with Gasteiger partial charge in [-0.25, -0.2) is 0 Å². The minimum Gasteiger partial charge on any atom is -0.336 e. The lowest BCUT2D eigenvalue weighted by atomic mass is 10.1. The maximum Gasteiger partial charge on any atom is 0.264 e. The van der Waals surface area contributed by atoms with Crippen LogP contribution in [0, 0.1) is 6.92 Å². The standard InChI is InChI=1S/C29H29N3O2S/c1-21-7-6-10-23(17-21)18-27-29(34)30(2)25-19-24(11-12-26(25)35-27)28(33)32-15-13-31(14-16-32)20-22-8-4-3-5-9-22/h3-12,17-19H,13-16,20H2,1-2H3. The summed E-state index contributed by atoms with van der Waals surface area (Å²) in [7, 11) is 1.78. The molecule has 0 aliphatic carbocycles. The summed E-state index contributed by atoms with van der Waals surface area (Å²) in [5.41, 5.74) is 4.88. The van der Waals surface area contributed by atoms with E-state index in [1.807, 2.05) is 60.4 Å². The molecular weight excluding hydrogens is 454 g/mol. The van der Waals surface area contributed by atoms with Crippen molar-refractivity contribution < 1.29 is 9.59 Å². The molecule has 0 aromatic heterocycles. The van der Waals surface area contributed by atoms with E-state index < -0.39 is 0 Å². The summed E-state index contributed by atoms with van der Waals surface area (Å²) in [6.45, 7) is 6.07. The van der Waals surface area contributed by atoms with Gasteiger partial charge in [0.05, 0.1) is 10.6 Å². The van der Waals surface area contributed by atoms with Crippen LogP contribution in [0.25, 0.3) is 6.08 Å². The van der Waals surface area contributed by atoms with Crippen LogP contribution < -0.4 is 4.90 Å². The lowest BCUT2D eigenvalue weighted by Crippen LogP contribution is -2.48.